The van der Waals surface area contributed by atoms with Gasteiger partial charge in [0.05, 0.1) is 17.9 Å². The lowest BCUT2D eigenvalue weighted by molar-refractivity contribution is 0.102. The van der Waals surface area contributed by atoms with Gasteiger partial charge in [0, 0.05) is 18.1 Å². The van der Waals surface area contributed by atoms with E-state index in [9.17, 15) is 13.6 Å². The van der Waals surface area contributed by atoms with Crippen LogP contribution in [0, 0.1) is 5.92 Å². The zero-order valence-electron chi connectivity index (χ0n) is 17.3. The molecule has 3 aromatic heterocycles. The van der Waals surface area contributed by atoms with Gasteiger partial charge in [-0.2, -0.15) is 10.2 Å². The van der Waals surface area contributed by atoms with Crippen molar-refractivity contribution in [3.05, 3.63) is 41.6 Å². The number of hydrogen-bond acceptors (Lipinski definition) is 4. The van der Waals surface area contributed by atoms with E-state index in [1.165, 1.54) is 16.9 Å². The number of rotatable bonds is 5. The summed E-state index contributed by atoms with van der Waals surface area (Å²) < 4.78 is 30.3. The SMILES string of the molecule is CC1CCC(n2cc(NC(=O)c3cnn4ccc(C(C)C)nc34)c(C(F)F)n2)CC1. The molecule has 3 heterocycles. The van der Waals surface area contributed by atoms with Crippen LogP contribution in [0.1, 0.15) is 86.6 Å². The van der Waals surface area contributed by atoms with Crippen molar-refractivity contribution in [2.24, 2.45) is 5.92 Å². The minimum Gasteiger partial charge on any atom is -0.319 e. The number of nitrogens with zero attached hydrogens (tertiary/aromatic N) is 5. The molecule has 0 aliphatic heterocycles. The van der Waals surface area contributed by atoms with Crippen LogP contribution in [0.3, 0.4) is 0 Å². The van der Waals surface area contributed by atoms with Crippen molar-refractivity contribution in [1.82, 2.24) is 24.4 Å². The van der Waals surface area contributed by atoms with Crippen LogP contribution in [0.25, 0.3) is 5.65 Å². The molecule has 0 saturated heterocycles. The maximum Gasteiger partial charge on any atom is 0.284 e. The molecule has 1 fully saturated rings. The lowest BCUT2D eigenvalue weighted by Crippen LogP contribution is -2.17. The maximum absolute atomic E-state index is 13.6. The van der Waals surface area contributed by atoms with Crippen LogP contribution in [0.15, 0.2) is 24.7 Å². The fraction of sp³-hybridized carbons (Fsp3) is 0.524. The van der Waals surface area contributed by atoms with Gasteiger partial charge in [0.25, 0.3) is 12.3 Å². The second-order valence-corrected chi connectivity index (χ2v) is 8.41. The molecule has 3 aromatic rings. The summed E-state index contributed by atoms with van der Waals surface area (Å²) in [6.07, 6.45) is 5.77. The molecule has 0 spiro atoms. The van der Waals surface area contributed by atoms with Crippen LogP contribution < -0.4 is 5.32 Å². The zero-order chi connectivity index (χ0) is 21.4. The van der Waals surface area contributed by atoms with Gasteiger partial charge in [-0.05, 0) is 43.6 Å². The number of carbonyl (C=O) groups is 1. The number of amides is 1. The number of anilines is 1. The third-order valence-corrected chi connectivity index (χ3v) is 5.80. The molecule has 1 aliphatic carbocycles. The summed E-state index contributed by atoms with van der Waals surface area (Å²) in [4.78, 5) is 17.4. The molecular formula is C21H26F2N6O. The first-order valence-electron chi connectivity index (χ1n) is 10.4. The summed E-state index contributed by atoms with van der Waals surface area (Å²) in [7, 11) is 0. The molecule has 0 atom stereocenters. The van der Waals surface area contributed by atoms with Crippen molar-refractivity contribution in [1.29, 1.82) is 0 Å². The summed E-state index contributed by atoms with van der Waals surface area (Å²) in [5.41, 5.74) is 1.08. The lowest BCUT2D eigenvalue weighted by atomic mass is 9.87. The summed E-state index contributed by atoms with van der Waals surface area (Å²) >= 11 is 0. The van der Waals surface area contributed by atoms with Gasteiger partial charge in [-0.1, -0.05) is 20.8 Å². The Bertz CT molecular complexity index is 1050. The van der Waals surface area contributed by atoms with Gasteiger partial charge in [-0.3, -0.25) is 9.48 Å². The monoisotopic (exact) mass is 416 g/mol. The zero-order valence-corrected chi connectivity index (χ0v) is 17.3. The van der Waals surface area contributed by atoms with Crippen LogP contribution in [0.2, 0.25) is 0 Å². The van der Waals surface area contributed by atoms with Gasteiger partial charge in [0.15, 0.2) is 11.3 Å². The van der Waals surface area contributed by atoms with Crippen LogP contribution >= 0.6 is 0 Å². The lowest BCUT2D eigenvalue weighted by Gasteiger charge is -2.26. The minimum absolute atomic E-state index is 0.0352. The van der Waals surface area contributed by atoms with Crippen LogP contribution in [0.4, 0.5) is 14.5 Å². The second kappa shape index (κ2) is 8.12. The van der Waals surface area contributed by atoms with Crippen LogP contribution in [-0.4, -0.2) is 30.3 Å². The average molecular weight is 416 g/mol. The third-order valence-electron chi connectivity index (χ3n) is 5.80. The molecule has 4 rings (SSSR count). The minimum atomic E-state index is -2.78. The normalized spacial score (nSPS) is 19.7. The van der Waals surface area contributed by atoms with Crippen LogP contribution in [0.5, 0.6) is 0 Å². The molecule has 1 saturated carbocycles. The predicted molar refractivity (Wildman–Crippen MR) is 109 cm³/mol. The summed E-state index contributed by atoms with van der Waals surface area (Å²) in [6, 6.07) is 1.92. The Morgan fingerprint density at radius 3 is 2.63 bits per heavy atom. The number of halogens is 2. The van der Waals surface area contributed by atoms with Crippen molar-refractivity contribution in [3.63, 3.8) is 0 Å². The van der Waals surface area contributed by atoms with E-state index in [1.807, 2.05) is 19.9 Å². The summed E-state index contributed by atoms with van der Waals surface area (Å²) in [5, 5.41) is 10.9. The van der Waals surface area contributed by atoms with Crippen molar-refractivity contribution < 1.29 is 13.6 Å². The van der Waals surface area contributed by atoms with E-state index < -0.39 is 18.0 Å². The van der Waals surface area contributed by atoms with E-state index in [0.29, 0.717) is 11.6 Å². The smallest absolute Gasteiger partial charge is 0.284 e. The van der Waals surface area contributed by atoms with Crippen LogP contribution in [-0.2, 0) is 0 Å². The first-order valence-corrected chi connectivity index (χ1v) is 10.4. The maximum atomic E-state index is 13.6. The standard InChI is InChI=1S/C21H26F2N6O/c1-12(2)16-8-9-28-20(25-16)15(10-24-28)21(30)26-17-11-29(27-18(17)19(22)23)14-6-4-13(3)5-7-14/h8-14,19H,4-7H2,1-3H3,(H,26,30). The van der Waals surface area contributed by atoms with Gasteiger partial charge in [0.2, 0.25) is 0 Å². The van der Waals surface area contributed by atoms with Gasteiger partial charge in [-0.15, -0.1) is 0 Å². The molecule has 0 aromatic carbocycles. The van der Waals surface area contributed by atoms with Gasteiger partial charge in [-0.25, -0.2) is 18.3 Å². The first kappa shape index (κ1) is 20.4. The molecule has 30 heavy (non-hydrogen) atoms. The third kappa shape index (κ3) is 3.93. The van der Waals surface area contributed by atoms with E-state index >= 15 is 0 Å². The highest BCUT2D eigenvalue weighted by Crippen LogP contribution is 2.34. The Morgan fingerprint density at radius 2 is 1.97 bits per heavy atom. The number of fused-ring (bicyclic) bond motifs is 1. The molecule has 1 aliphatic rings. The Kier molecular flexibility index (Phi) is 5.53. The predicted octanol–water partition coefficient (Wildman–Crippen LogP) is 4.99. The van der Waals surface area contributed by atoms with Crippen molar-refractivity contribution in [3.8, 4) is 0 Å². The number of carbonyl (C=O) groups excluding carboxylic acids is 1. The molecule has 0 bridgehead atoms. The van der Waals surface area contributed by atoms with E-state index in [1.54, 1.807) is 10.9 Å². The Balaban J connectivity index is 1.61. The average Bonchev–Trinajstić information content (AvgIpc) is 3.32. The number of nitrogens with one attached hydrogen (secondary N) is 1. The fourth-order valence-corrected chi connectivity index (χ4v) is 3.91. The molecule has 0 unspecified atom stereocenters. The van der Waals surface area contributed by atoms with E-state index in [2.05, 4.69) is 27.4 Å². The molecule has 9 heteroatoms. The highest BCUT2D eigenvalue weighted by Gasteiger charge is 2.26. The molecule has 1 N–H and O–H groups in total. The highest BCUT2D eigenvalue weighted by atomic mass is 19.3. The number of hydrogen-bond donors (Lipinski definition) is 1. The first-order chi connectivity index (χ1) is 14.3. The highest BCUT2D eigenvalue weighted by molar-refractivity contribution is 6.08. The second-order valence-electron chi connectivity index (χ2n) is 8.41. The molecule has 1 amide bonds. The van der Waals surface area contributed by atoms with E-state index in [0.717, 1.165) is 31.4 Å². The van der Waals surface area contributed by atoms with Crippen molar-refractivity contribution in [2.45, 2.75) is 64.8 Å². The number of alkyl halides is 2. The quantitative estimate of drug-likeness (QED) is 0.636. The Labute approximate surface area is 173 Å². The van der Waals surface area contributed by atoms with Gasteiger partial charge in [0.1, 0.15) is 5.56 Å². The Morgan fingerprint density at radius 1 is 1.23 bits per heavy atom. The largest absolute Gasteiger partial charge is 0.319 e. The Hall–Kier alpha value is -2.84. The van der Waals surface area contributed by atoms with Crippen molar-refractivity contribution >= 4 is 17.2 Å². The summed E-state index contributed by atoms with van der Waals surface area (Å²) in [5.74, 6) is 0.296. The molecule has 7 nitrogen and oxygen atoms in total. The topological polar surface area (TPSA) is 77.1 Å². The van der Waals surface area contributed by atoms with Crippen molar-refractivity contribution in [2.75, 3.05) is 5.32 Å². The molecule has 160 valence electrons. The number of aromatic nitrogens is 5. The fourth-order valence-electron chi connectivity index (χ4n) is 3.91. The molecular weight excluding hydrogens is 390 g/mol. The summed E-state index contributed by atoms with van der Waals surface area (Å²) in [6.45, 7) is 6.21. The van der Waals surface area contributed by atoms with E-state index in [4.69, 9.17) is 0 Å². The molecule has 0 radical (unpaired) electrons. The van der Waals surface area contributed by atoms with E-state index in [-0.39, 0.29) is 23.2 Å². The van der Waals surface area contributed by atoms with Gasteiger partial charge < -0.3 is 5.32 Å². The van der Waals surface area contributed by atoms with Gasteiger partial charge >= 0.3 is 0 Å².